The van der Waals surface area contributed by atoms with Crippen molar-refractivity contribution in [2.45, 2.75) is 17.9 Å². The van der Waals surface area contributed by atoms with Gasteiger partial charge < -0.3 is 4.74 Å². The Labute approximate surface area is 168 Å². The van der Waals surface area contributed by atoms with E-state index in [2.05, 4.69) is 20.7 Å². The molecule has 1 N–H and O–H groups in total. The van der Waals surface area contributed by atoms with Gasteiger partial charge in [0.05, 0.1) is 22.5 Å². The first-order valence-corrected chi connectivity index (χ1v) is 10.7. The zero-order valence-electron chi connectivity index (χ0n) is 15.0. The Hall–Kier alpha value is -2.15. The van der Waals surface area contributed by atoms with Gasteiger partial charge in [-0.3, -0.25) is 0 Å². The minimum absolute atomic E-state index is 0.171. The third-order valence-electron chi connectivity index (χ3n) is 4.34. The minimum Gasteiger partial charge on any atom is -0.496 e. The highest BCUT2D eigenvalue weighted by Crippen LogP contribution is 2.30. The van der Waals surface area contributed by atoms with Crippen LogP contribution in [0.1, 0.15) is 22.7 Å². The van der Waals surface area contributed by atoms with Gasteiger partial charge in [0.15, 0.2) is 0 Å². The fourth-order valence-electron chi connectivity index (χ4n) is 2.90. The highest BCUT2D eigenvalue weighted by molar-refractivity contribution is 9.10. The molecule has 3 aromatic rings. The van der Waals surface area contributed by atoms with Gasteiger partial charge in [0.1, 0.15) is 5.75 Å². The van der Waals surface area contributed by atoms with Gasteiger partial charge in [-0.25, -0.2) is 8.42 Å². The Kier molecular flexibility index (Phi) is 5.99. The first kappa shape index (κ1) is 19.6. The molecule has 27 heavy (non-hydrogen) atoms. The molecule has 4 nitrogen and oxygen atoms in total. The first-order valence-electron chi connectivity index (χ1n) is 8.39. The largest absolute Gasteiger partial charge is 0.496 e. The topological polar surface area (TPSA) is 55.4 Å². The maximum Gasteiger partial charge on any atom is 0.241 e. The summed E-state index contributed by atoms with van der Waals surface area (Å²) >= 11 is 3.35. The van der Waals surface area contributed by atoms with E-state index in [1.54, 1.807) is 12.1 Å². The van der Waals surface area contributed by atoms with E-state index in [1.807, 2.05) is 61.5 Å². The SMILES string of the molecule is COc1ccc(S(=O)(=O)N[C@@H](c2ccccc2)c2ccccc2C)cc1Br. The second-order valence-electron chi connectivity index (χ2n) is 6.12. The smallest absolute Gasteiger partial charge is 0.241 e. The van der Waals surface area contributed by atoms with Crippen molar-refractivity contribution < 1.29 is 13.2 Å². The van der Waals surface area contributed by atoms with E-state index < -0.39 is 16.1 Å². The van der Waals surface area contributed by atoms with Crippen LogP contribution in [0.25, 0.3) is 0 Å². The van der Waals surface area contributed by atoms with Gasteiger partial charge in [-0.05, 0) is 57.7 Å². The van der Waals surface area contributed by atoms with Crippen LogP contribution in [0.15, 0.2) is 82.2 Å². The number of methoxy groups -OCH3 is 1. The molecule has 0 unspecified atom stereocenters. The molecule has 0 amide bonds. The molecule has 0 spiro atoms. The normalized spacial score (nSPS) is 12.6. The summed E-state index contributed by atoms with van der Waals surface area (Å²) in [6.07, 6.45) is 0. The lowest BCUT2D eigenvalue weighted by molar-refractivity contribution is 0.411. The molecule has 1 atom stereocenters. The van der Waals surface area contributed by atoms with Gasteiger partial charge in [0, 0.05) is 0 Å². The van der Waals surface area contributed by atoms with Gasteiger partial charge in [-0.2, -0.15) is 4.72 Å². The zero-order valence-corrected chi connectivity index (χ0v) is 17.4. The molecule has 0 radical (unpaired) electrons. The minimum atomic E-state index is -3.76. The van der Waals surface area contributed by atoms with Gasteiger partial charge >= 0.3 is 0 Å². The van der Waals surface area contributed by atoms with Crippen LogP contribution in [0, 0.1) is 6.92 Å². The summed E-state index contributed by atoms with van der Waals surface area (Å²) in [4.78, 5) is 0.171. The Balaban J connectivity index is 2.04. The molecule has 140 valence electrons. The van der Waals surface area contributed by atoms with Crippen molar-refractivity contribution in [3.8, 4) is 5.75 Å². The average Bonchev–Trinajstić information content (AvgIpc) is 2.67. The van der Waals surface area contributed by atoms with Crippen LogP contribution in [-0.2, 0) is 10.0 Å². The van der Waals surface area contributed by atoms with Crippen molar-refractivity contribution in [2.24, 2.45) is 0 Å². The van der Waals surface area contributed by atoms with Crippen LogP contribution in [0.3, 0.4) is 0 Å². The molecule has 0 aliphatic carbocycles. The van der Waals surface area contributed by atoms with Crippen molar-refractivity contribution in [3.63, 3.8) is 0 Å². The number of rotatable bonds is 6. The number of halogens is 1. The number of sulfonamides is 1. The molecule has 3 aromatic carbocycles. The molecule has 0 saturated heterocycles. The van der Waals surface area contributed by atoms with Crippen molar-refractivity contribution in [1.82, 2.24) is 4.72 Å². The van der Waals surface area contributed by atoms with Crippen LogP contribution >= 0.6 is 15.9 Å². The molecule has 0 aromatic heterocycles. The fourth-order valence-corrected chi connectivity index (χ4v) is 4.83. The summed E-state index contributed by atoms with van der Waals surface area (Å²) in [5.74, 6) is 0.576. The Morgan fingerprint density at radius 3 is 2.26 bits per heavy atom. The van der Waals surface area contributed by atoms with E-state index >= 15 is 0 Å². The third kappa shape index (κ3) is 4.40. The number of aryl methyl sites for hydroxylation is 1. The number of hydrogen-bond acceptors (Lipinski definition) is 3. The molecule has 6 heteroatoms. The number of ether oxygens (including phenoxy) is 1. The molecule has 0 aliphatic heterocycles. The first-order chi connectivity index (χ1) is 12.9. The lowest BCUT2D eigenvalue weighted by Crippen LogP contribution is -2.30. The Morgan fingerprint density at radius 1 is 0.963 bits per heavy atom. The van der Waals surface area contributed by atoms with Gasteiger partial charge in [0.25, 0.3) is 0 Å². The number of benzene rings is 3. The lowest BCUT2D eigenvalue weighted by atomic mass is 9.96. The summed E-state index contributed by atoms with van der Waals surface area (Å²) in [5.41, 5.74) is 2.81. The fraction of sp³-hybridized carbons (Fsp3) is 0.143. The van der Waals surface area contributed by atoms with Crippen molar-refractivity contribution in [1.29, 1.82) is 0 Å². The van der Waals surface area contributed by atoms with Crippen molar-refractivity contribution >= 4 is 26.0 Å². The highest BCUT2D eigenvalue weighted by Gasteiger charge is 2.24. The summed E-state index contributed by atoms with van der Waals surface area (Å²) < 4.78 is 34.8. The van der Waals surface area contributed by atoms with Gasteiger partial charge in [0.2, 0.25) is 10.0 Å². The molecule has 3 rings (SSSR count). The van der Waals surface area contributed by atoms with Crippen LogP contribution in [0.4, 0.5) is 0 Å². The zero-order chi connectivity index (χ0) is 19.4. The molecular weight excluding hydrogens is 426 g/mol. The van der Waals surface area contributed by atoms with Gasteiger partial charge in [-0.1, -0.05) is 54.6 Å². The predicted molar refractivity (Wildman–Crippen MR) is 110 cm³/mol. The van der Waals surface area contributed by atoms with E-state index in [9.17, 15) is 8.42 Å². The molecule has 0 fully saturated rings. The van der Waals surface area contributed by atoms with Gasteiger partial charge in [-0.15, -0.1) is 0 Å². The van der Waals surface area contributed by atoms with Crippen LogP contribution in [0.2, 0.25) is 0 Å². The van der Waals surface area contributed by atoms with Crippen LogP contribution < -0.4 is 9.46 Å². The van der Waals surface area contributed by atoms with Crippen LogP contribution in [0.5, 0.6) is 5.75 Å². The Bertz CT molecular complexity index is 1040. The van der Waals surface area contributed by atoms with E-state index in [4.69, 9.17) is 4.74 Å². The highest BCUT2D eigenvalue weighted by atomic mass is 79.9. The van der Waals surface area contributed by atoms with E-state index in [1.165, 1.54) is 13.2 Å². The maximum atomic E-state index is 13.1. The van der Waals surface area contributed by atoms with E-state index in [0.717, 1.165) is 16.7 Å². The second-order valence-corrected chi connectivity index (χ2v) is 8.69. The lowest BCUT2D eigenvalue weighted by Gasteiger charge is -2.22. The Morgan fingerprint density at radius 2 is 1.63 bits per heavy atom. The maximum absolute atomic E-state index is 13.1. The van der Waals surface area contributed by atoms with E-state index in [-0.39, 0.29) is 4.90 Å². The summed E-state index contributed by atoms with van der Waals surface area (Å²) in [7, 11) is -2.22. The molecule has 0 saturated carbocycles. The number of hydrogen-bond donors (Lipinski definition) is 1. The molecule has 0 aliphatic rings. The summed E-state index contributed by atoms with van der Waals surface area (Å²) in [6, 6.07) is 21.5. The molecule has 0 heterocycles. The standard InChI is InChI=1S/C21H20BrNO3S/c1-15-8-6-7-11-18(15)21(16-9-4-3-5-10-16)23-27(24,25)17-12-13-20(26-2)19(22)14-17/h3-14,21,23H,1-2H3/t21-/m0/s1. The summed E-state index contributed by atoms with van der Waals surface area (Å²) in [6.45, 7) is 1.98. The molecular formula is C21H20BrNO3S. The van der Waals surface area contributed by atoms with E-state index in [0.29, 0.717) is 10.2 Å². The quantitative estimate of drug-likeness (QED) is 0.590. The third-order valence-corrected chi connectivity index (χ3v) is 6.38. The van der Waals surface area contributed by atoms with Crippen molar-refractivity contribution in [3.05, 3.63) is 94.0 Å². The molecule has 0 bridgehead atoms. The number of nitrogens with one attached hydrogen (secondary N) is 1. The average molecular weight is 446 g/mol. The monoisotopic (exact) mass is 445 g/mol. The second kappa shape index (κ2) is 8.25. The van der Waals surface area contributed by atoms with Crippen molar-refractivity contribution in [2.75, 3.05) is 7.11 Å². The predicted octanol–water partition coefficient (Wildman–Crippen LogP) is 4.83. The van der Waals surface area contributed by atoms with Crippen LogP contribution in [-0.4, -0.2) is 15.5 Å². The summed E-state index contributed by atoms with van der Waals surface area (Å²) in [5, 5.41) is 0.